The van der Waals surface area contributed by atoms with Crippen LogP contribution in [0.15, 0.2) is 10.7 Å². The molecule has 0 unspecified atom stereocenters. The number of furan rings is 1. The van der Waals surface area contributed by atoms with Crippen LogP contribution in [-0.4, -0.2) is 0 Å². The van der Waals surface area contributed by atoms with Gasteiger partial charge in [-0.15, -0.1) is 0 Å². The molecule has 0 amide bonds. The Morgan fingerprint density at radius 2 is 2.00 bits per heavy atom. The van der Waals surface area contributed by atoms with Gasteiger partial charge in [0.25, 0.3) is 0 Å². The average Bonchev–Trinajstić information content (AvgIpc) is 2.30. The van der Waals surface area contributed by atoms with Gasteiger partial charge in [0.2, 0.25) is 0 Å². The van der Waals surface area contributed by atoms with E-state index in [4.69, 9.17) is 4.42 Å². The van der Waals surface area contributed by atoms with Gasteiger partial charge in [-0.1, -0.05) is 13.8 Å². The minimum absolute atomic E-state index is 1.08. The SMILES string of the molecule is CCc1coc(C)c1CC. The van der Waals surface area contributed by atoms with Crippen LogP contribution in [-0.2, 0) is 12.8 Å². The summed E-state index contributed by atoms with van der Waals surface area (Å²) in [6, 6.07) is 0. The Kier molecular flexibility index (Phi) is 2.15. The van der Waals surface area contributed by atoms with Crippen LogP contribution in [0, 0.1) is 6.92 Å². The molecule has 0 radical (unpaired) electrons. The predicted octanol–water partition coefficient (Wildman–Crippen LogP) is 2.71. The average molecular weight is 138 g/mol. The molecule has 0 fully saturated rings. The summed E-state index contributed by atoms with van der Waals surface area (Å²) in [4.78, 5) is 0. The van der Waals surface area contributed by atoms with Crippen LogP contribution in [0.25, 0.3) is 0 Å². The number of aryl methyl sites for hydroxylation is 2. The first-order chi connectivity index (χ1) is 4.79. The van der Waals surface area contributed by atoms with Crippen molar-refractivity contribution >= 4 is 0 Å². The maximum Gasteiger partial charge on any atom is 0.104 e. The third-order valence-corrected chi connectivity index (χ3v) is 1.93. The molecule has 0 atom stereocenters. The Hall–Kier alpha value is -0.720. The van der Waals surface area contributed by atoms with Gasteiger partial charge in [-0.25, -0.2) is 0 Å². The summed E-state index contributed by atoms with van der Waals surface area (Å²) in [5.74, 6) is 1.08. The van der Waals surface area contributed by atoms with E-state index < -0.39 is 0 Å². The largest absolute Gasteiger partial charge is 0.469 e. The van der Waals surface area contributed by atoms with E-state index in [9.17, 15) is 0 Å². The van der Waals surface area contributed by atoms with Crippen LogP contribution in [0.1, 0.15) is 30.7 Å². The van der Waals surface area contributed by atoms with Crippen molar-refractivity contribution in [2.45, 2.75) is 33.6 Å². The molecule has 0 bridgehead atoms. The summed E-state index contributed by atoms with van der Waals surface area (Å²) in [7, 11) is 0. The molecular formula is C9H14O. The summed E-state index contributed by atoms with van der Waals surface area (Å²) in [5.41, 5.74) is 2.75. The van der Waals surface area contributed by atoms with Gasteiger partial charge < -0.3 is 4.42 Å². The molecule has 10 heavy (non-hydrogen) atoms. The maximum atomic E-state index is 5.28. The van der Waals surface area contributed by atoms with Crippen LogP contribution >= 0.6 is 0 Å². The second-order valence-corrected chi connectivity index (χ2v) is 2.50. The molecular weight excluding hydrogens is 124 g/mol. The lowest BCUT2D eigenvalue weighted by atomic mass is 10.1. The minimum Gasteiger partial charge on any atom is -0.469 e. The van der Waals surface area contributed by atoms with E-state index in [1.54, 1.807) is 0 Å². The van der Waals surface area contributed by atoms with Crippen molar-refractivity contribution in [2.75, 3.05) is 0 Å². The third-order valence-electron chi connectivity index (χ3n) is 1.93. The lowest BCUT2D eigenvalue weighted by Gasteiger charge is -1.94. The topological polar surface area (TPSA) is 13.1 Å². The Balaban J connectivity index is 3.01. The van der Waals surface area contributed by atoms with Gasteiger partial charge in [0, 0.05) is 0 Å². The lowest BCUT2D eigenvalue weighted by molar-refractivity contribution is 0.528. The van der Waals surface area contributed by atoms with Gasteiger partial charge in [0.05, 0.1) is 6.26 Å². The molecule has 0 aliphatic carbocycles. The fourth-order valence-corrected chi connectivity index (χ4v) is 1.30. The van der Waals surface area contributed by atoms with Gasteiger partial charge in [0.1, 0.15) is 5.76 Å². The van der Waals surface area contributed by atoms with Crippen LogP contribution in [0.3, 0.4) is 0 Å². The molecule has 1 rings (SSSR count). The van der Waals surface area contributed by atoms with Crippen molar-refractivity contribution in [2.24, 2.45) is 0 Å². The maximum absolute atomic E-state index is 5.28. The second kappa shape index (κ2) is 2.91. The van der Waals surface area contributed by atoms with E-state index in [1.807, 2.05) is 13.2 Å². The van der Waals surface area contributed by atoms with Crippen LogP contribution in [0.5, 0.6) is 0 Å². The highest BCUT2D eigenvalue weighted by Gasteiger charge is 2.04. The van der Waals surface area contributed by atoms with E-state index >= 15 is 0 Å². The van der Waals surface area contributed by atoms with Crippen LogP contribution in [0.2, 0.25) is 0 Å². The highest BCUT2D eigenvalue weighted by Crippen LogP contribution is 2.16. The Bertz CT molecular complexity index is 211. The number of hydrogen-bond donors (Lipinski definition) is 0. The molecule has 0 spiro atoms. The van der Waals surface area contributed by atoms with Crippen LogP contribution in [0.4, 0.5) is 0 Å². The molecule has 0 saturated heterocycles. The van der Waals surface area contributed by atoms with Crippen molar-refractivity contribution in [3.05, 3.63) is 23.2 Å². The molecule has 1 heterocycles. The molecule has 56 valence electrons. The Labute approximate surface area is 62.1 Å². The molecule has 0 aliphatic rings. The predicted molar refractivity (Wildman–Crippen MR) is 42.2 cm³/mol. The van der Waals surface area contributed by atoms with Crippen molar-refractivity contribution in [1.82, 2.24) is 0 Å². The van der Waals surface area contributed by atoms with E-state index in [-0.39, 0.29) is 0 Å². The van der Waals surface area contributed by atoms with Gasteiger partial charge in [-0.3, -0.25) is 0 Å². The van der Waals surface area contributed by atoms with Crippen molar-refractivity contribution < 1.29 is 4.42 Å². The normalized spacial score (nSPS) is 10.3. The molecule has 1 aromatic heterocycles. The zero-order valence-corrected chi connectivity index (χ0v) is 6.90. The summed E-state index contributed by atoms with van der Waals surface area (Å²) in [5, 5.41) is 0. The number of rotatable bonds is 2. The fourth-order valence-electron chi connectivity index (χ4n) is 1.30. The standard InChI is InChI=1S/C9H14O/c1-4-8-6-10-7(3)9(8)5-2/h6H,4-5H2,1-3H3. The minimum atomic E-state index is 1.08. The van der Waals surface area contributed by atoms with Gasteiger partial charge >= 0.3 is 0 Å². The van der Waals surface area contributed by atoms with Gasteiger partial charge in [-0.05, 0) is 30.9 Å². The molecule has 0 aliphatic heterocycles. The molecule has 1 heteroatoms. The highest BCUT2D eigenvalue weighted by molar-refractivity contribution is 5.26. The molecule has 0 aromatic carbocycles. The van der Waals surface area contributed by atoms with Gasteiger partial charge in [0.15, 0.2) is 0 Å². The van der Waals surface area contributed by atoms with Crippen molar-refractivity contribution in [3.8, 4) is 0 Å². The lowest BCUT2D eigenvalue weighted by Crippen LogP contribution is -1.85. The fraction of sp³-hybridized carbons (Fsp3) is 0.556. The van der Waals surface area contributed by atoms with Crippen LogP contribution < -0.4 is 0 Å². The Morgan fingerprint density at radius 3 is 2.40 bits per heavy atom. The van der Waals surface area contributed by atoms with Gasteiger partial charge in [-0.2, -0.15) is 0 Å². The van der Waals surface area contributed by atoms with Crippen molar-refractivity contribution in [3.63, 3.8) is 0 Å². The third kappa shape index (κ3) is 1.08. The van der Waals surface area contributed by atoms with E-state index in [1.165, 1.54) is 11.1 Å². The summed E-state index contributed by atoms with van der Waals surface area (Å²) in [6.07, 6.45) is 4.04. The second-order valence-electron chi connectivity index (χ2n) is 2.50. The molecule has 0 saturated carbocycles. The zero-order chi connectivity index (χ0) is 7.56. The monoisotopic (exact) mass is 138 g/mol. The molecule has 1 nitrogen and oxygen atoms in total. The first kappa shape index (κ1) is 7.39. The van der Waals surface area contributed by atoms with E-state index in [0.717, 1.165) is 18.6 Å². The summed E-state index contributed by atoms with van der Waals surface area (Å²) in [6.45, 7) is 6.35. The summed E-state index contributed by atoms with van der Waals surface area (Å²) >= 11 is 0. The molecule has 0 N–H and O–H groups in total. The quantitative estimate of drug-likeness (QED) is 0.612. The van der Waals surface area contributed by atoms with E-state index in [0.29, 0.717) is 0 Å². The Morgan fingerprint density at radius 1 is 1.30 bits per heavy atom. The summed E-state index contributed by atoms with van der Waals surface area (Å²) < 4.78 is 5.28. The zero-order valence-electron chi connectivity index (χ0n) is 6.90. The highest BCUT2D eigenvalue weighted by atomic mass is 16.3. The first-order valence-electron chi connectivity index (χ1n) is 3.85. The molecule has 1 aromatic rings. The first-order valence-corrected chi connectivity index (χ1v) is 3.85. The van der Waals surface area contributed by atoms with Crippen molar-refractivity contribution in [1.29, 1.82) is 0 Å². The smallest absolute Gasteiger partial charge is 0.104 e. The number of hydrogen-bond acceptors (Lipinski definition) is 1. The van der Waals surface area contributed by atoms with E-state index in [2.05, 4.69) is 13.8 Å².